The molecule has 0 spiro atoms. The van der Waals surface area contributed by atoms with Crippen molar-refractivity contribution < 1.29 is 4.39 Å². The minimum atomic E-state index is -0.286. The molecule has 0 bridgehead atoms. The average Bonchev–Trinajstić information content (AvgIpc) is 2.94. The summed E-state index contributed by atoms with van der Waals surface area (Å²) in [5.41, 5.74) is 6.77. The van der Waals surface area contributed by atoms with Crippen molar-refractivity contribution in [2.24, 2.45) is 5.73 Å². The topological polar surface area (TPSA) is 69.6 Å². The summed E-state index contributed by atoms with van der Waals surface area (Å²) in [7, 11) is 0. The van der Waals surface area contributed by atoms with E-state index in [1.165, 1.54) is 23.5 Å². The van der Waals surface area contributed by atoms with E-state index in [-0.39, 0.29) is 5.82 Å². The Balaban J connectivity index is 2.02. The van der Waals surface area contributed by atoms with Gasteiger partial charge in [0.05, 0.1) is 23.0 Å². The molecule has 3 rings (SSSR count). The molecule has 0 aliphatic carbocycles. The molecule has 0 saturated heterocycles. The summed E-state index contributed by atoms with van der Waals surface area (Å²) in [4.78, 5) is 4.35. The predicted molar refractivity (Wildman–Crippen MR) is 67.6 cm³/mol. The summed E-state index contributed by atoms with van der Waals surface area (Å²) in [6, 6.07) is 4.56. The molecule has 2 aromatic heterocycles. The number of hydrogen-bond donors (Lipinski definition) is 1. The maximum Gasteiger partial charge on any atom is 0.146 e. The first-order valence-corrected chi connectivity index (χ1v) is 6.24. The second kappa shape index (κ2) is 4.43. The predicted octanol–water partition coefficient (Wildman–Crippen LogP) is 1.65. The van der Waals surface area contributed by atoms with Gasteiger partial charge >= 0.3 is 0 Å². The lowest BCUT2D eigenvalue weighted by Gasteiger charge is -1.92. The third-order valence-electron chi connectivity index (χ3n) is 2.47. The van der Waals surface area contributed by atoms with Gasteiger partial charge in [0.15, 0.2) is 0 Å². The molecule has 0 fully saturated rings. The number of benzene rings is 1. The van der Waals surface area contributed by atoms with Crippen LogP contribution in [0.4, 0.5) is 4.39 Å². The zero-order valence-corrected chi connectivity index (χ0v) is 10.2. The molecule has 2 N–H and O–H groups in total. The van der Waals surface area contributed by atoms with Gasteiger partial charge in [0.2, 0.25) is 0 Å². The van der Waals surface area contributed by atoms with Crippen LogP contribution in [0.3, 0.4) is 0 Å². The van der Waals surface area contributed by atoms with Crippen LogP contribution in [0.2, 0.25) is 0 Å². The fourth-order valence-electron chi connectivity index (χ4n) is 1.65. The van der Waals surface area contributed by atoms with Crippen molar-refractivity contribution in [3.63, 3.8) is 0 Å². The lowest BCUT2D eigenvalue weighted by molar-refractivity contribution is 0.598. The summed E-state index contributed by atoms with van der Waals surface area (Å²) in [5, 5.41) is 8.72. The molecule has 0 amide bonds. The number of hydrogen-bond acceptors (Lipinski definition) is 5. The van der Waals surface area contributed by atoms with E-state index in [4.69, 9.17) is 5.73 Å². The van der Waals surface area contributed by atoms with Gasteiger partial charge in [0, 0.05) is 12.6 Å². The van der Waals surface area contributed by atoms with E-state index in [9.17, 15) is 4.39 Å². The molecule has 5 nitrogen and oxygen atoms in total. The molecule has 2 heterocycles. The zero-order chi connectivity index (χ0) is 12.5. The van der Waals surface area contributed by atoms with Crippen LogP contribution in [0, 0.1) is 5.82 Å². The van der Waals surface area contributed by atoms with Crippen molar-refractivity contribution in [1.82, 2.24) is 20.0 Å². The number of thiazole rings is 1. The van der Waals surface area contributed by atoms with Gasteiger partial charge in [0.25, 0.3) is 0 Å². The average molecular weight is 263 g/mol. The fourth-order valence-corrected chi connectivity index (χ4v) is 2.54. The highest BCUT2D eigenvalue weighted by atomic mass is 32.1. The SMILES string of the molecule is NCCn1cc(-c2nc3cc(F)ccc3s2)nn1. The summed E-state index contributed by atoms with van der Waals surface area (Å²) >= 11 is 1.47. The second-order valence-electron chi connectivity index (χ2n) is 3.79. The van der Waals surface area contributed by atoms with Crippen LogP contribution >= 0.6 is 11.3 Å². The molecule has 1 aromatic carbocycles. The molecule has 0 atom stereocenters. The van der Waals surface area contributed by atoms with E-state index in [1.807, 2.05) is 0 Å². The molecule has 18 heavy (non-hydrogen) atoms. The minimum absolute atomic E-state index is 0.286. The molecule has 3 aromatic rings. The van der Waals surface area contributed by atoms with Gasteiger partial charge in [-0.05, 0) is 12.1 Å². The maximum absolute atomic E-state index is 13.1. The van der Waals surface area contributed by atoms with Gasteiger partial charge in [-0.3, -0.25) is 4.68 Å². The minimum Gasteiger partial charge on any atom is -0.329 e. The highest BCUT2D eigenvalue weighted by Gasteiger charge is 2.10. The smallest absolute Gasteiger partial charge is 0.146 e. The summed E-state index contributed by atoms with van der Waals surface area (Å²) in [5.74, 6) is -0.286. The summed E-state index contributed by atoms with van der Waals surface area (Å²) < 4.78 is 15.7. The van der Waals surface area contributed by atoms with Crippen LogP contribution in [0.25, 0.3) is 20.9 Å². The van der Waals surface area contributed by atoms with Crippen molar-refractivity contribution >= 4 is 21.6 Å². The van der Waals surface area contributed by atoms with Crippen LogP contribution in [0.1, 0.15) is 0 Å². The Bertz CT molecular complexity index is 690. The van der Waals surface area contributed by atoms with Crippen molar-refractivity contribution in [3.8, 4) is 10.7 Å². The lowest BCUT2D eigenvalue weighted by Crippen LogP contribution is -2.10. The molecule has 0 saturated carbocycles. The number of halogens is 1. The van der Waals surface area contributed by atoms with Gasteiger partial charge in [-0.1, -0.05) is 5.21 Å². The summed E-state index contributed by atoms with van der Waals surface area (Å²) in [6.07, 6.45) is 1.79. The van der Waals surface area contributed by atoms with E-state index < -0.39 is 0 Å². The largest absolute Gasteiger partial charge is 0.329 e. The van der Waals surface area contributed by atoms with Crippen LogP contribution in [-0.2, 0) is 6.54 Å². The fraction of sp³-hybridized carbons (Fsp3) is 0.182. The Labute approximate surface area is 106 Å². The molecule has 0 aliphatic rings. The van der Waals surface area contributed by atoms with Crippen LogP contribution in [0.15, 0.2) is 24.4 Å². The monoisotopic (exact) mass is 263 g/mol. The Hall–Kier alpha value is -1.86. The van der Waals surface area contributed by atoms with E-state index in [2.05, 4.69) is 15.3 Å². The third-order valence-corrected chi connectivity index (χ3v) is 3.52. The van der Waals surface area contributed by atoms with Gasteiger partial charge < -0.3 is 5.73 Å². The molecular formula is C11H10FN5S. The van der Waals surface area contributed by atoms with E-state index in [0.717, 1.165) is 9.71 Å². The number of nitrogens with zero attached hydrogens (tertiary/aromatic N) is 4. The van der Waals surface area contributed by atoms with Crippen LogP contribution in [0.5, 0.6) is 0 Å². The van der Waals surface area contributed by atoms with Gasteiger partial charge in [0.1, 0.15) is 16.5 Å². The Morgan fingerprint density at radius 1 is 1.39 bits per heavy atom. The first kappa shape index (κ1) is 11.2. The van der Waals surface area contributed by atoms with Crippen molar-refractivity contribution in [2.75, 3.05) is 6.54 Å². The molecule has 0 aliphatic heterocycles. The highest BCUT2D eigenvalue weighted by molar-refractivity contribution is 7.21. The Kier molecular flexibility index (Phi) is 2.77. The number of nitrogens with two attached hydrogens (primary N) is 1. The van der Waals surface area contributed by atoms with Crippen molar-refractivity contribution in [3.05, 3.63) is 30.2 Å². The quantitative estimate of drug-likeness (QED) is 0.780. The molecular weight excluding hydrogens is 253 g/mol. The number of rotatable bonds is 3. The molecule has 0 radical (unpaired) electrons. The highest BCUT2D eigenvalue weighted by Crippen LogP contribution is 2.28. The van der Waals surface area contributed by atoms with E-state index in [1.54, 1.807) is 16.9 Å². The van der Waals surface area contributed by atoms with Gasteiger partial charge in [-0.2, -0.15) is 0 Å². The molecule has 92 valence electrons. The Morgan fingerprint density at radius 2 is 2.28 bits per heavy atom. The third kappa shape index (κ3) is 1.98. The van der Waals surface area contributed by atoms with E-state index >= 15 is 0 Å². The van der Waals surface area contributed by atoms with Crippen LogP contribution < -0.4 is 5.73 Å². The Morgan fingerprint density at radius 3 is 3.11 bits per heavy atom. The van der Waals surface area contributed by atoms with Crippen molar-refractivity contribution in [2.45, 2.75) is 6.54 Å². The second-order valence-corrected chi connectivity index (χ2v) is 4.82. The lowest BCUT2D eigenvalue weighted by atomic mass is 10.3. The summed E-state index contributed by atoms with van der Waals surface area (Å²) in [6.45, 7) is 1.13. The zero-order valence-electron chi connectivity index (χ0n) is 9.38. The van der Waals surface area contributed by atoms with Crippen LogP contribution in [-0.4, -0.2) is 26.5 Å². The van der Waals surface area contributed by atoms with Gasteiger partial charge in [-0.15, -0.1) is 16.4 Å². The van der Waals surface area contributed by atoms with Crippen molar-refractivity contribution in [1.29, 1.82) is 0 Å². The maximum atomic E-state index is 13.1. The first-order chi connectivity index (χ1) is 8.76. The number of aromatic nitrogens is 4. The molecule has 7 heteroatoms. The van der Waals surface area contributed by atoms with Gasteiger partial charge in [-0.25, -0.2) is 9.37 Å². The molecule has 0 unspecified atom stereocenters. The normalized spacial score (nSPS) is 11.2. The first-order valence-electron chi connectivity index (χ1n) is 5.43. The number of fused-ring (bicyclic) bond motifs is 1. The standard InChI is InChI=1S/C11H10FN5S/c12-7-1-2-10-8(5-7)14-11(18-10)9-6-17(4-3-13)16-15-9/h1-2,5-6H,3-4,13H2. The van der Waals surface area contributed by atoms with E-state index in [0.29, 0.717) is 24.3 Å².